The first-order valence-electron chi connectivity index (χ1n) is 8.13. The lowest BCUT2D eigenvalue weighted by atomic mass is 9.98. The van der Waals surface area contributed by atoms with Gasteiger partial charge >= 0.3 is 0 Å². The molecule has 1 aliphatic rings. The number of fused-ring (bicyclic) bond motifs is 1. The van der Waals surface area contributed by atoms with Crippen LogP contribution in [0, 0.1) is 0 Å². The van der Waals surface area contributed by atoms with E-state index in [4.69, 9.17) is 5.73 Å². The summed E-state index contributed by atoms with van der Waals surface area (Å²) in [6.45, 7) is 1.64. The Bertz CT molecular complexity index is 858. The van der Waals surface area contributed by atoms with Crippen LogP contribution in [0.15, 0.2) is 29.0 Å². The predicted molar refractivity (Wildman–Crippen MR) is 103 cm³/mol. The molecule has 0 unspecified atom stereocenters. The van der Waals surface area contributed by atoms with Gasteiger partial charge < -0.3 is 10.6 Å². The van der Waals surface area contributed by atoms with Crippen molar-refractivity contribution in [3.05, 3.63) is 50.1 Å². The smallest absolute Gasteiger partial charge is 0.229 e. The third kappa shape index (κ3) is 3.24. The molecule has 3 aromatic heterocycles. The highest BCUT2D eigenvalue weighted by atomic mass is 32.1. The molecule has 25 heavy (non-hydrogen) atoms. The van der Waals surface area contributed by atoms with Crippen molar-refractivity contribution in [3.8, 4) is 0 Å². The first-order valence-corrected chi connectivity index (χ1v) is 9.89. The first kappa shape index (κ1) is 16.4. The minimum atomic E-state index is 0.260. The second-order valence-corrected chi connectivity index (χ2v) is 8.22. The highest BCUT2D eigenvalue weighted by molar-refractivity contribution is 7.10. The van der Waals surface area contributed by atoms with Gasteiger partial charge in [-0.1, -0.05) is 6.07 Å². The number of aromatic nitrogens is 3. The van der Waals surface area contributed by atoms with Crippen molar-refractivity contribution in [2.24, 2.45) is 0 Å². The second-order valence-electron chi connectivity index (χ2n) is 6.24. The van der Waals surface area contributed by atoms with E-state index >= 15 is 0 Å². The first-order chi connectivity index (χ1) is 12.1. The topological polar surface area (TPSA) is 71.2 Å². The Hall–Kier alpha value is -2.03. The Balaban J connectivity index is 1.68. The van der Waals surface area contributed by atoms with Crippen molar-refractivity contribution in [2.45, 2.75) is 19.0 Å². The van der Waals surface area contributed by atoms with E-state index in [1.165, 1.54) is 15.3 Å². The van der Waals surface area contributed by atoms with Gasteiger partial charge in [0.05, 0.1) is 12.6 Å². The van der Waals surface area contributed by atoms with Crippen LogP contribution in [-0.2, 0) is 13.0 Å². The minimum absolute atomic E-state index is 0.260. The molecule has 0 saturated heterocycles. The largest absolute Gasteiger partial charge is 0.368 e. The number of thiophene rings is 2. The number of nitrogens with zero attached hydrogens (tertiary/aromatic N) is 5. The van der Waals surface area contributed by atoms with Gasteiger partial charge in [-0.15, -0.1) is 22.7 Å². The number of nitrogen functional groups attached to an aromatic ring is 1. The maximum absolute atomic E-state index is 5.89. The average Bonchev–Trinajstić information content (AvgIpc) is 3.25. The molecule has 1 aliphatic heterocycles. The molecule has 0 aliphatic carbocycles. The van der Waals surface area contributed by atoms with Gasteiger partial charge in [0.15, 0.2) is 0 Å². The number of hydrogen-bond acceptors (Lipinski definition) is 8. The summed E-state index contributed by atoms with van der Waals surface area (Å²) in [7, 11) is 3.82. The third-order valence-electron chi connectivity index (χ3n) is 4.31. The molecule has 0 radical (unpaired) electrons. The summed E-state index contributed by atoms with van der Waals surface area (Å²) >= 11 is 3.65. The minimum Gasteiger partial charge on any atom is -0.368 e. The van der Waals surface area contributed by atoms with Crippen LogP contribution in [0.2, 0.25) is 0 Å². The number of rotatable bonds is 4. The molecule has 1 atom stereocenters. The number of nitrogens with two attached hydrogens (primary N) is 1. The van der Waals surface area contributed by atoms with Crippen LogP contribution in [0.3, 0.4) is 0 Å². The fourth-order valence-electron chi connectivity index (χ4n) is 3.20. The molecule has 0 saturated carbocycles. The number of hydrogen-bond donors (Lipinski definition) is 1. The summed E-state index contributed by atoms with van der Waals surface area (Å²) < 4.78 is 0. The summed E-state index contributed by atoms with van der Waals surface area (Å²) in [5.41, 5.74) is 7.30. The van der Waals surface area contributed by atoms with Gasteiger partial charge in [-0.3, -0.25) is 4.90 Å². The third-order valence-corrected chi connectivity index (χ3v) is 6.23. The quantitative estimate of drug-likeness (QED) is 0.759. The lowest BCUT2D eigenvalue weighted by Crippen LogP contribution is -2.35. The summed E-state index contributed by atoms with van der Waals surface area (Å²) in [6, 6.07) is 6.84. The highest BCUT2D eigenvalue weighted by Crippen LogP contribution is 2.39. The van der Waals surface area contributed by atoms with Gasteiger partial charge in [0.25, 0.3) is 0 Å². The van der Waals surface area contributed by atoms with Gasteiger partial charge in [-0.05, 0) is 34.9 Å². The zero-order valence-electron chi connectivity index (χ0n) is 14.2. The van der Waals surface area contributed by atoms with Gasteiger partial charge in [-0.25, -0.2) is 0 Å². The maximum atomic E-state index is 5.89. The normalized spacial score (nSPS) is 17.4. The second kappa shape index (κ2) is 6.70. The molecule has 0 aromatic carbocycles. The van der Waals surface area contributed by atoms with Crippen LogP contribution < -0.4 is 10.6 Å². The van der Waals surface area contributed by atoms with E-state index in [1.54, 1.807) is 11.3 Å². The molecule has 3 aromatic rings. The zero-order valence-corrected chi connectivity index (χ0v) is 15.8. The summed E-state index contributed by atoms with van der Waals surface area (Å²) in [4.78, 5) is 20.3. The Morgan fingerprint density at radius 3 is 2.84 bits per heavy atom. The maximum Gasteiger partial charge on any atom is 0.229 e. The molecule has 8 heteroatoms. The van der Waals surface area contributed by atoms with E-state index in [1.807, 2.05) is 30.3 Å². The summed E-state index contributed by atoms with van der Waals surface area (Å²) in [6.07, 6.45) is 1.07. The van der Waals surface area contributed by atoms with Crippen LogP contribution in [0.5, 0.6) is 0 Å². The van der Waals surface area contributed by atoms with Crippen LogP contribution in [-0.4, -0.2) is 40.5 Å². The van der Waals surface area contributed by atoms with Crippen molar-refractivity contribution in [3.63, 3.8) is 0 Å². The lowest BCUT2D eigenvalue weighted by molar-refractivity contribution is 0.203. The Morgan fingerprint density at radius 1 is 1.20 bits per heavy atom. The van der Waals surface area contributed by atoms with Crippen molar-refractivity contribution >= 4 is 34.6 Å². The van der Waals surface area contributed by atoms with Gasteiger partial charge in [-0.2, -0.15) is 15.0 Å². The predicted octanol–water partition coefficient (Wildman–Crippen LogP) is 2.79. The molecule has 4 rings (SSSR count). The SMILES string of the molecule is CN(C)c1nc(N)nc(CN2CCc3sccc3[C@H]2c2cccs2)n1. The van der Waals surface area contributed by atoms with Crippen molar-refractivity contribution in [1.29, 1.82) is 0 Å². The number of anilines is 2. The molecule has 6 nitrogen and oxygen atoms in total. The lowest BCUT2D eigenvalue weighted by Gasteiger charge is -2.35. The van der Waals surface area contributed by atoms with Gasteiger partial charge in [0, 0.05) is 30.4 Å². The van der Waals surface area contributed by atoms with Gasteiger partial charge in [0.1, 0.15) is 5.82 Å². The fraction of sp³-hybridized carbons (Fsp3) is 0.353. The Kier molecular flexibility index (Phi) is 4.41. The average molecular weight is 373 g/mol. The molecule has 2 N–H and O–H groups in total. The van der Waals surface area contributed by atoms with E-state index in [0.29, 0.717) is 12.5 Å². The van der Waals surface area contributed by atoms with E-state index in [0.717, 1.165) is 18.8 Å². The van der Waals surface area contributed by atoms with Crippen LogP contribution in [0.1, 0.15) is 27.2 Å². The monoisotopic (exact) mass is 372 g/mol. The molecular weight excluding hydrogens is 352 g/mol. The summed E-state index contributed by atoms with van der Waals surface area (Å²) in [5.74, 6) is 1.59. The van der Waals surface area contributed by atoms with Crippen molar-refractivity contribution in [1.82, 2.24) is 19.9 Å². The molecule has 4 heterocycles. The van der Waals surface area contributed by atoms with Crippen molar-refractivity contribution in [2.75, 3.05) is 31.3 Å². The van der Waals surface area contributed by atoms with Crippen LogP contribution in [0.25, 0.3) is 0 Å². The Morgan fingerprint density at radius 2 is 2.08 bits per heavy atom. The molecule has 130 valence electrons. The molecule has 0 amide bonds. The van der Waals surface area contributed by atoms with Crippen LogP contribution >= 0.6 is 22.7 Å². The van der Waals surface area contributed by atoms with Gasteiger partial charge in [0.2, 0.25) is 11.9 Å². The van der Waals surface area contributed by atoms with E-state index in [-0.39, 0.29) is 12.0 Å². The van der Waals surface area contributed by atoms with E-state index in [9.17, 15) is 0 Å². The van der Waals surface area contributed by atoms with E-state index in [2.05, 4.69) is 48.8 Å². The Labute approximate surface area is 155 Å². The van der Waals surface area contributed by atoms with Crippen LogP contribution in [0.4, 0.5) is 11.9 Å². The summed E-state index contributed by atoms with van der Waals surface area (Å²) in [5, 5.41) is 4.33. The standard InChI is InChI=1S/C17H20N6S2/c1-22(2)17-20-14(19-16(18)21-17)10-23-7-5-12-11(6-9-25-12)15(23)13-4-3-8-24-13/h3-4,6,8-9,15H,5,7,10H2,1-2H3,(H2,18,19,20,21)/t15-/m0/s1. The zero-order chi connectivity index (χ0) is 17.4. The highest BCUT2D eigenvalue weighted by Gasteiger charge is 2.31. The molecule has 0 fully saturated rings. The van der Waals surface area contributed by atoms with E-state index < -0.39 is 0 Å². The van der Waals surface area contributed by atoms with Crippen molar-refractivity contribution < 1.29 is 0 Å². The molecule has 0 bridgehead atoms. The molecule has 0 spiro atoms. The molecular formula is C17H20N6S2. The fourth-order valence-corrected chi connectivity index (χ4v) is 4.98.